The monoisotopic (exact) mass is 280 g/mol. The summed E-state index contributed by atoms with van der Waals surface area (Å²) in [7, 11) is 0. The van der Waals surface area contributed by atoms with Gasteiger partial charge < -0.3 is 10.2 Å². The molecule has 0 aromatic heterocycles. The van der Waals surface area contributed by atoms with Gasteiger partial charge in [-0.15, -0.1) is 0 Å². The zero-order valence-corrected chi connectivity index (χ0v) is 13.8. The maximum atomic E-state index is 12.8. The molecule has 2 rings (SSSR count). The van der Waals surface area contributed by atoms with Gasteiger partial charge in [-0.05, 0) is 30.1 Å². The Morgan fingerprint density at radius 1 is 1.15 bits per heavy atom. The molecule has 0 bridgehead atoms. The van der Waals surface area contributed by atoms with Crippen molar-refractivity contribution in [1.82, 2.24) is 10.2 Å². The van der Waals surface area contributed by atoms with E-state index in [9.17, 15) is 9.59 Å². The van der Waals surface area contributed by atoms with Gasteiger partial charge in [0.25, 0.3) is 0 Å². The molecule has 0 radical (unpaired) electrons. The Morgan fingerprint density at radius 2 is 1.65 bits per heavy atom. The highest BCUT2D eigenvalue weighted by Gasteiger charge is 2.69. The molecular formula is C16H28N2O2. The molecule has 1 N–H and O–H groups in total. The Balaban J connectivity index is 2.27. The second-order valence-corrected chi connectivity index (χ2v) is 7.96. The molecule has 114 valence electrons. The van der Waals surface area contributed by atoms with Crippen molar-refractivity contribution >= 4 is 11.8 Å². The van der Waals surface area contributed by atoms with Gasteiger partial charge in [-0.3, -0.25) is 9.59 Å². The van der Waals surface area contributed by atoms with Crippen molar-refractivity contribution in [2.24, 2.45) is 16.7 Å². The summed E-state index contributed by atoms with van der Waals surface area (Å²) >= 11 is 0. The van der Waals surface area contributed by atoms with Crippen molar-refractivity contribution in [3.05, 3.63) is 0 Å². The normalized spacial score (nSPS) is 32.5. The topological polar surface area (TPSA) is 49.4 Å². The third-order valence-electron chi connectivity index (χ3n) is 5.60. The first-order valence-electron chi connectivity index (χ1n) is 7.64. The largest absolute Gasteiger partial charge is 0.343 e. The number of nitrogens with one attached hydrogen (secondary N) is 1. The third-order valence-corrected chi connectivity index (χ3v) is 5.60. The lowest BCUT2D eigenvalue weighted by Crippen LogP contribution is -2.64. The van der Waals surface area contributed by atoms with Crippen molar-refractivity contribution in [3.63, 3.8) is 0 Å². The highest BCUT2D eigenvalue weighted by Crippen LogP contribution is 2.65. The lowest BCUT2D eigenvalue weighted by atomic mass is 9.98. The lowest BCUT2D eigenvalue weighted by Gasteiger charge is -2.39. The predicted molar refractivity (Wildman–Crippen MR) is 79.0 cm³/mol. The summed E-state index contributed by atoms with van der Waals surface area (Å²) in [5.74, 6) is 0.461. The van der Waals surface area contributed by atoms with E-state index in [2.05, 4.69) is 46.9 Å². The molecule has 1 saturated heterocycles. The maximum absolute atomic E-state index is 12.8. The molecular weight excluding hydrogens is 252 g/mol. The Hall–Kier alpha value is -1.06. The Kier molecular flexibility index (Phi) is 3.43. The van der Waals surface area contributed by atoms with Crippen LogP contribution in [-0.4, -0.2) is 34.8 Å². The first-order valence-corrected chi connectivity index (χ1v) is 7.64. The average Bonchev–Trinajstić information content (AvgIpc) is 2.68. The van der Waals surface area contributed by atoms with Crippen LogP contribution in [0.15, 0.2) is 0 Å². The van der Waals surface area contributed by atoms with Gasteiger partial charge in [0.1, 0.15) is 12.1 Å². The number of carbonyl (C=O) groups excluding carboxylic acids is 2. The van der Waals surface area contributed by atoms with Crippen LogP contribution >= 0.6 is 0 Å². The number of carbonyl (C=O) groups is 2. The van der Waals surface area contributed by atoms with Crippen molar-refractivity contribution in [3.8, 4) is 0 Å². The summed E-state index contributed by atoms with van der Waals surface area (Å²) in [6, 6.07) is -0.568. The Labute approximate surface area is 122 Å². The van der Waals surface area contributed by atoms with Gasteiger partial charge >= 0.3 is 0 Å². The molecule has 2 fully saturated rings. The highest BCUT2D eigenvalue weighted by molar-refractivity contribution is 5.97. The van der Waals surface area contributed by atoms with Crippen LogP contribution in [0.25, 0.3) is 0 Å². The molecule has 4 heteroatoms. The van der Waals surface area contributed by atoms with Crippen LogP contribution in [0.3, 0.4) is 0 Å². The van der Waals surface area contributed by atoms with Crippen molar-refractivity contribution in [2.75, 3.05) is 0 Å². The fraction of sp³-hybridized carbons (Fsp3) is 0.875. The average molecular weight is 280 g/mol. The molecule has 0 aromatic carbocycles. The number of amides is 2. The lowest BCUT2D eigenvalue weighted by molar-refractivity contribution is -0.150. The number of rotatable bonds is 3. The van der Waals surface area contributed by atoms with Gasteiger partial charge in [-0.25, -0.2) is 0 Å². The standard InChI is InChI=1S/C16H28N2O2/c1-9(2)8-11-13(20)18(10(3)12(19)17-11)14-15(4,5)16(14,6)7/h9-11,14H,8H2,1-7H3,(H,17,19). The molecule has 2 aliphatic rings. The number of hydrogen-bond acceptors (Lipinski definition) is 2. The minimum atomic E-state index is -0.364. The molecule has 2 unspecified atom stereocenters. The van der Waals surface area contributed by atoms with E-state index in [0.29, 0.717) is 12.3 Å². The van der Waals surface area contributed by atoms with Gasteiger partial charge in [0.05, 0.1) is 0 Å². The van der Waals surface area contributed by atoms with Crippen LogP contribution in [0, 0.1) is 16.7 Å². The number of hydrogen-bond donors (Lipinski definition) is 1. The molecule has 1 saturated carbocycles. The maximum Gasteiger partial charge on any atom is 0.246 e. The van der Waals surface area contributed by atoms with Gasteiger partial charge in [0, 0.05) is 6.04 Å². The first kappa shape index (κ1) is 15.3. The summed E-state index contributed by atoms with van der Waals surface area (Å²) < 4.78 is 0. The molecule has 2 atom stereocenters. The third kappa shape index (κ3) is 2.04. The fourth-order valence-corrected chi connectivity index (χ4v) is 3.69. The van der Waals surface area contributed by atoms with E-state index >= 15 is 0 Å². The van der Waals surface area contributed by atoms with Crippen LogP contribution in [0.2, 0.25) is 0 Å². The van der Waals surface area contributed by atoms with Crippen LogP contribution in [-0.2, 0) is 9.59 Å². The molecule has 2 amide bonds. The quantitative estimate of drug-likeness (QED) is 0.861. The first-order chi connectivity index (χ1) is 9.01. The minimum Gasteiger partial charge on any atom is -0.343 e. The summed E-state index contributed by atoms with van der Waals surface area (Å²) in [6.45, 7) is 14.7. The molecule has 1 aliphatic heterocycles. The van der Waals surface area contributed by atoms with Crippen LogP contribution in [0.1, 0.15) is 54.9 Å². The van der Waals surface area contributed by atoms with Crippen molar-refractivity contribution < 1.29 is 9.59 Å². The predicted octanol–water partition coefficient (Wildman–Crippen LogP) is 2.18. The Morgan fingerprint density at radius 3 is 2.05 bits per heavy atom. The van der Waals surface area contributed by atoms with Crippen LogP contribution < -0.4 is 5.32 Å². The smallest absolute Gasteiger partial charge is 0.246 e. The second kappa shape index (κ2) is 4.47. The summed E-state index contributed by atoms with van der Waals surface area (Å²) in [5, 5.41) is 2.88. The highest BCUT2D eigenvalue weighted by atomic mass is 16.2. The van der Waals surface area contributed by atoms with E-state index in [1.54, 1.807) is 0 Å². The van der Waals surface area contributed by atoms with Crippen molar-refractivity contribution in [1.29, 1.82) is 0 Å². The summed E-state index contributed by atoms with van der Waals surface area (Å²) in [6.07, 6.45) is 0.710. The van der Waals surface area contributed by atoms with E-state index in [4.69, 9.17) is 0 Å². The molecule has 20 heavy (non-hydrogen) atoms. The zero-order valence-electron chi connectivity index (χ0n) is 13.8. The van der Waals surface area contributed by atoms with Crippen molar-refractivity contribution in [2.45, 2.75) is 73.0 Å². The second-order valence-electron chi connectivity index (χ2n) is 7.96. The van der Waals surface area contributed by atoms with Gasteiger partial charge in [0.2, 0.25) is 11.8 Å². The molecule has 1 heterocycles. The van der Waals surface area contributed by atoms with Gasteiger partial charge in [0.15, 0.2) is 0 Å². The molecule has 1 aliphatic carbocycles. The van der Waals surface area contributed by atoms with E-state index < -0.39 is 0 Å². The van der Waals surface area contributed by atoms with E-state index in [-0.39, 0.29) is 40.8 Å². The molecule has 0 aromatic rings. The fourth-order valence-electron chi connectivity index (χ4n) is 3.69. The number of nitrogens with zero attached hydrogens (tertiary/aromatic N) is 1. The zero-order chi connectivity index (χ0) is 15.5. The van der Waals surface area contributed by atoms with E-state index in [0.717, 1.165) is 0 Å². The van der Waals surface area contributed by atoms with Crippen LogP contribution in [0.4, 0.5) is 0 Å². The van der Waals surface area contributed by atoms with E-state index in [1.807, 2.05) is 11.8 Å². The van der Waals surface area contributed by atoms with Gasteiger partial charge in [-0.1, -0.05) is 41.5 Å². The van der Waals surface area contributed by atoms with Crippen LogP contribution in [0.5, 0.6) is 0 Å². The Bertz CT molecular complexity index is 426. The summed E-state index contributed by atoms with van der Waals surface area (Å²) in [5.41, 5.74) is 0.133. The van der Waals surface area contributed by atoms with Gasteiger partial charge in [-0.2, -0.15) is 0 Å². The number of piperazine rings is 1. The molecule has 0 spiro atoms. The van der Waals surface area contributed by atoms with E-state index in [1.165, 1.54) is 0 Å². The summed E-state index contributed by atoms with van der Waals surface area (Å²) in [4.78, 5) is 26.8. The molecule has 4 nitrogen and oxygen atoms in total. The minimum absolute atomic E-state index is 0.0197. The SMILES string of the molecule is CC(C)CC1NC(=O)C(C)N(C2C(C)(C)C2(C)C)C1=O.